The Morgan fingerprint density at radius 2 is 2.05 bits per heavy atom. The number of nitrogens with two attached hydrogens (primary N) is 1. The minimum atomic E-state index is -1.10. The third-order valence-corrected chi connectivity index (χ3v) is 4.13. The smallest absolute Gasteiger partial charge is 0.221 e. The number of benzene rings is 1. The summed E-state index contributed by atoms with van der Waals surface area (Å²) in [5.41, 5.74) is 5.28. The van der Waals surface area contributed by atoms with Gasteiger partial charge >= 0.3 is 0 Å². The average molecular weight is 353 g/mol. The van der Waals surface area contributed by atoms with Gasteiger partial charge in [0.15, 0.2) is 5.11 Å². The number of rotatable bonds is 4. The molecule has 0 aromatic heterocycles. The van der Waals surface area contributed by atoms with Gasteiger partial charge in [0.1, 0.15) is 6.07 Å². The van der Waals surface area contributed by atoms with Gasteiger partial charge in [-0.25, -0.2) is 0 Å². The van der Waals surface area contributed by atoms with E-state index in [1.807, 2.05) is 11.0 Å². The number of nitriles is 1. The summed E-state index contributed by atoms with van der Waals surface area (Å²) in [6.45, 7) is 0.521. The molecule has 0 radical (unpaired) electrons. The third-order valence-electron chi connectivity index (χ3n) is 3.32. The van der Waals surface area contributed by atoms with E-state index in [4.69, 9.17) is 41.2 Å². The van der Waals surface area contributed by atoms with E-state index in [0.29, 0.717) is 23.0 Å². The first-order valence-corrected chi connectivity index (χ1v) is 7.69. The molecule has 1 heterocycles. The fourth-order valence-corrected chi connectivity index (χ4v) is 2.99. The molecule has 114 valence electrons. The van der Waals surface area contributed by atoms with E-state index < -0.39 is 5.66 Å². The second-order valence-corrected chi connectivity index (χ2v) is 5.97. The lowest BCUT2D eigenvalue weighted by atomic mass is 10.1. The van der Waals surface area contributed by atoms with Crippen molar-refractivity contribution in [3.8, 4) is 6.07 Å². The number of halogens is 2. The largest absolute Gasteiger partial charge is 0.376 e. The molecule has 3 N–H and O–H groups in total. The molecule has 0 bridgehead atoms. The van der Waals surface area contributed by atoms with Crippen LogP contribution in [0.2, 0.25) is 10.0 Å². The standard InChI is InChI=1S/C15H14Cl2N4S/c16-12-4-3-5-13(17)11(12)6-9-21-8-2-1-7-15(21,10-18)20-14(19)22/h1-5,7-8H,6,9H2,(H3,19,20,22). The van der Waals surface area contributed by atoms with Gasteiger partial charge in [0.05, 0.1) is 0 Å². The zero-order valence-electron chi connectivity index (χ0n) is 11.6. The Kier molecular flexibility index (Phi) is 5.30. The van der Waals surface area contributed by atoms with Crippen molar-refractivity contribution in [2.75, 3.05) is 6.54 Å². The summed E-state index contributed by atoms with van der Waals surface area (Å²) in [7, 11) is 0. The Balaban J connectivity index is 2.20. The molecule has 1 atom stereocenters. The molecule has 0 saturated carbocycles. The SMILES string of the molecule is N#CC1(NC(N)=S)C=CC=CN1CCc1c(Cl)cccc1Cl. The fourth-order valence-electron chi connectivity index (χ4n) is 2.25. The van der Waals surface area contributed by atoms with Gasteiger partial charge in [-0.3, -0.25) is 0 Å². The average Bonchev–Trinajstić information content (AvgIpc) is 2.47. The maximum atomic E-state index is 9.56. The topological polar surface area (TPSA) is 65.1 Å². The minimum Gasteiger partial charge on any atom is -0.376 e. The van der Waals surface area contributed by atoms with Gasteiger partial charge in [-0.1, -0.05) is 35.3 Å². The first-order valence-electron chi connectivity index (χ1n) is 6.53. The Bertz CT molecular complexity index is 660. The van der Waals surface area contributed by atoms with Crippen LogP contribution in [0.15, 0.2) is 42.6 Å². The van der Waals surface area contributed by atoms with Crippen LogP contribution in [0.3, 0.4) is 0 Å². The molecule has 0 fully saturated rings. The van der Waals surface area contributed by atoms with E-state index in [0.717, 1.165) is 5.56 Å². The Labute approximate surface area is 144 Å². The Hall–Kier alpha value is -1.74. The van der Waals surface area contributed by atoms with Crippen molar-refractivity contribution < 1.29 is 0 Å². The highest BCUT2D eigenvalue weighted by Crippen LogP contribution is 2.26. The van der Waals surface area contributed by atoms with Crippen LogP contribution in [-0.2, 0) is 6.42 Å². The maximum Gasteiger partial charge on any atom is 0.221 e. The molecule has 0 aliphatic carbocycles. The Morgan fingerprint density at radius 1 is 1.36 bits per heavy atom. The zero-order valence-corrected chi connectivity index (χ0v) is 13.9. The van der Waals surface area contributed by atoms with Gasteiger partial charge < -0.3 is 16.0 Å². The first-order chi connectivity index (χ1) is 10.5. The molecule has 22 heavy (non-hydrogen) atoms. The van der Waals surface area contributed by atoms with E-state index >= 15 is 0 Å². The number of nitrogens with one attached hydrogen (secondary N) is 1. The molecule has 1 aromatic carbocycles. The van der Waals surface area contributed by atoms with Crippen LogP contribution in [0.25, 0.3) is 0 Å². The molecule has 7 heteroatoms. The van der Waals surface area contributed by atoms with E-state index in [1.54, 1.807) is 36.6 Å². The maximum absolute atomic E-state index is 9.56. The molecular weight excluding hydrogens is 339 g/mol. The Morgan fingerprint density at radius 3 is 2.64 bits per heavy atom. The summed E-state index contributed by atoms with van der Waals surface area (Å²) < 4.78 is 0. The summed E-state index contributed by atoms with van der Waals surface area (Å²) in [4.78, 5) is 1.81. The van der Waals surface area contributed by atoms with E-state index in [1.165, 1.54) is 0 Å². The van der Waals surface area contributed by atoms with Crippen LogP contribution in [-0.4, -0.2) is 22.2 Å². The summed E-state index contributed by atoms with van der Waals surface area (Å²) in [6.07, 6.45) is 7.71. The molecule has 0 spiro atoms. The quantitative estimate of drug-likeness (QED) is 0.815. The van der Waals surface area contributed by atoms with Gasteiger partial charge in [-0.15, -0.1) is 0 Å². The summed E-state index contributed by atoms with van der Waals surface area (Å²) in [6, 6.07) is 7.59. The second kappa shape index (κ2) is 7.01. The van der Waals surface area contributed by atoms with Crippen molar-refractivity contribution in [3.05, 3.63) is 58.2 Å². The van der Waals surface area contributed by atoms with Crippen LogP contribution in [0.1, 0.15) is 5.56 Å². The van der Waals surface area contributed by atoms with Crippen LogP contribution in [0, 0.1) is 11.3 Å². The number of allylic oxidation sites excluding steroid dienone is 2. The minimum absolute atomic E-state index is 0.0577. The van der Waals surface area contributed by atoms with Gasteiger partial charge in [-0.05, 0) is 48.5 Å². The molecule has 1 unspecified atom stereocenters. The van der Waals surface area contributed by atoms with Crippen molar-refractivity contribution >= 4 is 40.5 Å². The van der Waals surface area contributed by atoms with Gasteiger partial charge in [0, 0.05) is 22.8 Å². The lowest BCUT2D eigenvalue weighted by Gasteiger charge is -2.38. The zero-order chi connectivity index (χ0) is 16.2. The van der Waals surface area contributed by atoms with E-state index in [2.05, 4.69) is 11.4 Å². The second-order valence-electron chi connectivity index (χ2n) is 4.71. The van der Waals surface area contributed by atoms with E-state index in [9.17, 15) is 5.26 Å². The van der Waals surface area contributed by atoms with Gasteiger partial charge in [-0.2, -0.15) is 5.26 Å². The monoisotopic (exact) mass is 352 g/mol. The van der Waals surface area contributed by atoms with Crippen LogP contribution in [0.5, 0.6) is 0 Å². The molecule has 0 amide bonds. The van der Waals surface area contributed by atoms with Crippen molar-refractivity contribution in [1.29, 1.82) is 5.26 Å². The fraction of sp³-hybridized carbons (Fsp3) is 0.200. The first kappa shape index (κ1) is 16.6. The molecule has 1 aliphatic rings. The molecule has 0 saturated heterocycles. The highest BCUT2D eigenvalue weighted by molar-refractivity contribution is 7.80. The lowest BCUT2D eigenvalue weighted by Crippen LogP contribution is -2.59. The number of thiocarbonyl (C=S) groups is 1. The van der Waals surface area contributed by atoms with Crippen molar-refractivity contribution in [2.45, 2.75) is 12.1 Å². The predicted molar refractivity (Wildman–Crippen MR) is 93.4 cm³/mol. The normalized spacial score (nSPS) is 19.8. The van der Waals surface area contributed by atoms with Gasteiger partial charge in [0.25, 0.3) is 0 Å². The highest BCUT2D eigenvalue weighted by Gasteiger charge is 2.34. The van der Waals surface area contributed by atoms with Crippen LogP contribution >= 0.6 is 35.4 Å². The third kappa shape index (κ3) is 3.53. The van der Waals surface area contributed by atoms with Crippen molar-refractivity contribution in [2.24, 2.45) is 5.73 Å². The number of nitrogens with zero attached hydrogens (tertiary/aromatic N) is 2. The highest BCUT2D eigenvalue weighted by atomic mass is 35.5. The molecule has 1 aliphatic heterocycles. The summed E-state index contributed by atoms with van der Waals surface area (Å²) in [5.74, 6) is 0. The molecule has 1 aromatic rings. The van der Waals surface area contributed by atoms with Crippen molar-refractivity contribution in [3.63, 3.8) is 0 Å². The molecule has 4 nitrogen and oxygen atoms in total. The lowest BCUT2D eigenvalue weighted by molar-refractivity contribution is 0.236. The predicted octanol–water partition coefficient (Wildman–Crippen LogP) is 2.97. The van der Waals surface area contributed by atoms with Crippen LogP contribution < -0.4 is 11.1 Å². The molecular formula is C15H14Cl2N4S. The number of hydrogen-bond acceptors (Lipinski definition) is 3. The van der Waals surface area contributed by atoms with Crippen molar-refractivity contribution in [1.82, 2.24) is 10.2 Å². The summed E-state index contributed by atoms with van der Waals surface area (Å²) >= 11 is 17.2. The van der Waals surface area contributed by atoms with Gasteiger partial charge in [0.2, 0.25) is 5.66 Å². The van der Waals surface area contributed by atoms with E-state index in [-0.39, 0.29) is 5.11 Å². The van der Waals surface area contributed by atoms with Crippen LogP contribution in [0.4, 0.5) is 0 Å². The number of hydrogen-bond donors (Lipinski definition) is 2. The summed E-state index contributed by atoms with van der Waals surface area (Å²) in [5, 5.41) is 13.7. The molecule has 2 rings (SSSR count).